The number of hydrogen-bond donors (Lipinski definition) is 1. The molecule has 0 aromatic carbocycles. The quantitative estimate of drug-likeness (QED) is 0.908. The second-order valence-electron chi connectivity index (χ2n) is 8.43. The van der Waals surface area contributed by atoms with Gasteiger partial charge in [-0.3, -0.25) is 9.48 Å². The summed E-state index contributed by atoms with van der Waals surface area (Å²) in [6.45, 7) is 0.524. The Hall–Kier alpha value is -2.04. The summed E-state index contributed by atoms with van der Waals surface area (Å²) in [5.41, 5.74) is -0.105. The molecule has 1 amide bonds. The molecule has 0 spiro atoms. The van der Waals surface area contributed by atoms with Crippen molar-refractivity contribution >= 4 is 5.91 Å². The largest absolute Gasteiger partial charge is 0.467 e. The van der Waals surface area contributed by atoms with Crippen LogP contribution < -0.4 is 5.32 Å². The first kappa shape index (κ1) is 15.2. The van der Waals surface area contributed by atoms with Crippen molar-refractivity contribution in [1.29, 1.82) is 0 Å². The van der Waals surface area contributed by atoms with Gasteiger partial charge >= 0.3 is 0 Å². The van der Waals surface area contributed by atoms with E-state index in [1.807, 2.05) is 29.1 Å². The zero-order valence-corrected chi connectivity index (χ0v) is 14.4. The van der Waals surface area contributed by atoms with Gasteiger partial charge in [0.05, 0.1) is 6.26 Å². The lowest BCUT2D eigenvalue weighted by atomic mass is 9.49. The van der Waals surface area contributed by atoms with Gasteiger partial charge in [0.1, 0.15) is 11.8 Å². The van der Waals surface area contributed by atoms with Crippen LogP contribution in [0, 0.1) is 23.2 Å². The zero-order chi connectivity index (χ0) is 16.9. The minimum Gasteiger partial charge on any atom is -0.467 e. The van der Waals surface area contributed by atoms with Gasteiger partial charge in [0.2, 0.25) is 5.91 Å². The maximum Gasteiger partial charge on any atom is 0.226 e. The van der Waals surface area contributed by atoms with Gasteiger partial charge in [0, 0.05) is 24.4 Å². The number of rotatable bonds is 5. The molecule has 5 heteroatoms. The molecule has 0 aliphatic heterocycles. The first-order chi connectivity index (χ1) is 12.2. The van der Waals surface area contributed by atoms with Gasteiger partial charge in [-0.25, -0.2) is 0 Å². The molecule has 1 unspecified atom stereocenters. The van der Waals surface area contributed by atoms with E-state index in [1.165, 1.54) is 19.3 Å². The summed E-state index contributed by atoms with van der Waals surface area (Å²) in [4.78, 5) is 13.2. The summed E-state index contributed by atoms with van der Waals surface area (Å²) in [5.74, 6) is 3.43. The Kier molecular flexibility index (Phi) is 3.50. The van der Waals surface area contributed by atoms with Crippen LogP contribution in [-0.2, 0) is 4.79 Å². The van der Waals surface area contributed by atoms with Gasteiger partial charge in [-0.1, -0.05) is 0 Å². The second kappa shape index (κ2) is 5.75. The molecule has 2 aromatic heterocycles. The zero-order valence-electron chi connectivity index (χ0n) is 14.4. The Labute approximate surface area is 147 Å². The summed E-state index contributed by atoms with van der Waals surface area (Å²) < 4.78 is 7.45. The summed E-state index contributed by atoms with van der Waals surface area (Å²) in [6, 6.07) is 5.63. The molecule has 1 N–H and O–H groups in total. The number of furan rings is 1. The molecule has 132 valence electrons. The van der Waals surface area contributed by atoms with Crippen LogP contribution in [0.5, 0.6) is 0 Å². The summed E-state index contributed by atoms with van der Waals surface area (Å²) in [6.07, 6.45) is 12.7. The van der Waals surface area contributed by atoms with E-state index in [9.17, 15) is 4.79 Å². The van der Waals surface area contributed by atoms with Gasteiger partial charge in [-0.15, -0.1) is 0 Å². The molecule has 0 radical (unpaired) electrons. The van der Waals surface area contributed by atoms with Crippen LogP contribution in [0.2, 0.25) is 0 Å². The van der Waals surface area contributed by atoms with Crippen LogP contribution in [0.3, 0.4) is 0 Å². The minimum absolute atomic E-state index is 0.0946. The van der Waals surface area contributed by atoms with Gasteiger partial charge in [0.25, 0.3) is 0 Å². The van der Waals surface area contributed by atoms with Crippen LogP contribution in [0.1, 0.15) is 50.3 Å². The molecule has 1 atom stereocenters. The van der Waals surface area contributed by atoms with Crippen molar-refractivity contribution in [1.82, 2.24) is 15.1 Å². The molecule has 25 heavy (non-hydrogen) atoms. The Balaban J connectivity index is 1.32. The third kappa shape index (κ3) is 2.60. The van der Waals surface area contributed by atoms with Gasteiger partial charge in [0.15, 0.2) is 0 Å². The highest BCUT2D eigenvalue weighted by Crippen LogP contribution is 2.60. The number of hydrogen-bond acceptors (Lipinski definition) is 3. The third-order valence-electron chi connectivity index (χ3n) is 6.69. The third-order valence-corrected chi connectivity index (χ3v) is 6.69. The van der Waals surface area contributed by atoms with Crippen molar-refractivity contribution < 1.29 is 9.21 Å². The predicted molar refractivity (Wildman–Crippen MR) is 92.7 cm³/mol. The van der Waals surface area contributed by atoms with E-state index in [-0.39, 0.29) is 17.4 Å². The van der Waals surface area contributed by atoms with Crippen LogP contribution in [0.25, 0.3) is 0 Å². The number of carbonyl (C=O) groups is 1. The first-order valence-electron chi connectivity index (χ1n) is 9.53. The molecule has 5 nitrogen and oxygen atoms in total. The fraction of sp³-hybridized carbons (Fsp3) is 0.600. The molecular formula is C20H25N3O2. The van der Waals surface area contributed by atoms with Gasteiger partial charge in [-0.2, -0.15) is 5.10 Å². The fourth-order valence-electron chi connectivity index (χ4n) is 6.04. The van der Waals surface area contributed by atoms with E-state index in [4.69, 9.17) is 4.42 Å². The maximum absolute atomic E-state index is 13.2. The average Bonchev–Trinajstić information content (AvgIpc) is 3.28. The molecule has 4 fully saturated rings. The predicted octanol–water partition coefficient (Wildman–Crippen LogP) is 3.40. The van der Waals surface area contributed by atoms with E-state index in [1.54, 1.807) is 12.5 Å². The lowest BCUT2D eigenvalue weighted by molar-refractivity contribution is -0.146. The van der Waals surface area contributed by atoms with Crippen LogP contribution in [-0.4, -0.2) is 22.2 Å². The van der Waals surface area contributed by atoms with Crippen molar-refractivity contribution in [3.05, 3.63) is 42.6 Å². The minimum atomic E-state index is -0.105. The van der Waals surface area contributed by atoms with E-state index in [0.29, 0.717) is 6.54 Å². The van der Waals surface area contributed by atoms with Gasteiger partial charge < -0.3 is 9.73 Å². The molecule has 6 rings (SSSR count). The highest BCUT2D eigenvalue weighted by Gasteiger charge is 2.54. The monoisotopic (exact) mass is 339 g/mol. The molecule has 2 heterocycles. The maximum atomic E-state index is 13.2. The summed E-state index contributed by atoms with van der Waals surface area (Å²) in [7, 11) is 0. The molecular weight excluding hydrogens is 314 g/mol. The van der Waals surface area contributed by atoms with Crippen LogP contribution in [0.4, 0.5) is 0 Å². The highest BCUT2D eigenvalue weighted by molar-refractivity contribution is 5.83. The topological polar surface area (TPSA) is 60.1 Å². The molecule has 4 aliphatic rings. The molecule has 4 saturated carbocycles. The Morgan fingerprint density at radius 1 is 1.24 bits per heavy atom. The molecule has 4 aliphatic carbocycles. The Morgan fingerprint density at radius 2 is 1.96 bits per heavy atom. The highest BCUT2D eigenvalue weighted by atomic mass is 16.3. The lowest BCUT2D eigenvalue weighted by Gasteiger charge is -2.55. The number of nitrogens with one attached hydrogen (secondary N) is 1. The molecule has 4 bridgehead atoms. The number of amides is 1. The van der Waals surface area contributed by atoms with E-state index < -0.39 is 0 Å². The van der Waals surface area contributed by atoms with E-state index in [2.05, 4.69) is 10.4 Å². The normalized spacial score (nSPS) is 34.2. The van der Waals surface area contributed by atoms with Crippen molar-refractivity contribution in [3.8, 4) is 0 Å². The van der Waals surface area contributed by atoms with Crippen molar-refractivity contribution in [2.24, 2.45) is 23.2 Å². The van der Waals surface area contributed by atoms with Crippen LogP contribution >= 0.6 is 0 Å². The van der Waals surface area contributed by atoms with E-state index >= 15 is 0 Å². The SMILES string of the molecule is O=C(NCC(c1ccco1)n1cccn1)C12CC3CC(CC(C3)C1)C2. The molecule has 2 aromatic rings. The fourth-order valence-corrected chi connectivity index (χ4v) is 6.04. The molecule has 0 saturated heterocycles. The Morgan fingerprint density at radius 3 is 2.52 bits per heavy atom. The van der Waals surface area contributed by atoms with Gasteiger partial charge in [-0.05, 0) is 74.5 Å². The smallest absolute Gasteiger partial charge is 0.226 e. The van der Waals surface area contributed by atoms with Crippen molar-refractivity contribution in [2.75, 3.05) is 6.54 Å². The second-order valence-corrected chi connectivity index (χ2v) is 8.43. The first-order valence-corrected chi connectivity index (χ1v) is 9.53. The lowest BCUT2D eigenvalue weighted by Crippen LogP contribution is -2.54. The van der Waals surface area contributed by atoms with Crippen LogP contribution in [0.15, 0.2) is 41.3 Å². The van der Waals surface area contributed by atoms with Crippen molar-refractivity contribution in [2.45, 2.75) is 44.6 Å². The summed E-state index contributed by atoms with van der Waals surface area (Å²) >= 11 is 0. The van der Waals surface area contributed by atoms with E-state index in [0.717, 1.165) is 42.8 Å². The summed E-state index contributed by atoms with van der Waals surface area (Å²) in [5, 5.41) is 7.60. The number of carbonyl (C=O) groups excluding carboxylic acids is 1. The average molecular weight is 339 g/mol. The van der Waals surface area contributed by atoms with Crippen molar-refractivity contribution in [3.63, 3.8) is 0 Å². The number of nitrogens with zero attached hydrogens (tertiary/aromatic N) is 2. The Bertz CT molecular complexity index is 666. The standard InChI is InChI=1S/C20H25N3O2/c24-19(20-10-14-7-15(11-20)9-16(8-14)12-20)21-13-17(18-3-1-6-25-18)23-5-2-4-22-23/h1-6,14-17H,7-13H2,(H,21,24). The number of aromatic nitrogens is 2.